The van der Waals surface area contributed by atoms with Gasteiger partial charge in [0.2, 0.25) is 0 Å². The molecule has 13 heavy (non-hydrogen) atoms. The van der Waals surface area contributed by atoms with E-state index in [2.05, 4.69) is 20.8 Å². The van der Waals surface area contributed by atoms with E-state index in [4.69, 9.17) is 4.74 Å². The molecular formula is C11H22O2. The molecule has 0 spiro atoms. The molecule has 0 aromatic heterocycles. The molecule has 0 aliphatic carbocycles. The highest BCUT2D eigenvalue weighted by Crippen LogP contribution is 2.31. The third-order valence-corrected chi connectivity index (χ3v) is 2.94. The molecule has 2 unspecified atom stereocenters. The Kier molecular flexibility index (Phi) is 3.74. The molecule has 1 saturated heterocycles. The Morgan fingerprint density at radius 1 is 1.54 bits per heavy atom. The third kappa shape index (κ3) is 2.96. The average molecular weight is 186 g/mol. The summed E-state index contributed by atoms with van der Waals surface area (Å²) in [5.74, 6) is 0.517. The molecule has 0 saturated carbocycles. The van der Waals surface area contributed by atoms with Gasteiger partial charge in [-0.25, -0.2) is 0 Å². The van der Waals surface area contributed by atoms with Gasteiger partial charge in [0.05, 0.1) is 11.7 Å². The first-order chi connectivity index (χ1) is 6.07. The molecule has 0 aromatic carbocycles. The molecule has 0 amide bonds. The van der Waals surface area contributed by atoms with E-state index in [1.165, 1.54) is 0 Å². The second-order valence-corrected chi connectivity index (χ2v) is 4.58. The van der Waals surface area contributed by atoms with E-state index in [1.54, 1.807) is 0 Å². The van der Waals surface area contributed by atoms with Crippen LogP contribution in [0.4, 0.5) is 0 Å². The summed E-state index contributed by atoms with van der Waals surface area (Å²) in [5, 5.41) is 10.2. The Labute approximate surface area is 81.3 Å². The molecule has 2 atom stereocenters. The number of aliphatic hydroxyl groups is 1. The van der Waals surface area contributed by atoms with Crippen molar-refractivity contribution in [1.82, 2.24) is 0 Å². The summed E-state index contributed by atoms with van der Waals surface area (Å²) in [6.45, 7) is 7.15. The minimum atomic E-state index is -0.443. The van der Waals surface area contributed by atoms with E-state index in [0.717, 1.165) is 32.3 Å². The van der Waals surface area contributed by atoms with Crippen molar-refractivity contribution in [2.75, 3.05) is 6.61 Å². The summed E-state index contributed by atoms with van der Waals surface area (Å²) in [7, 11) is 0. The minimum Gasteiger partial charge on any atom is -0.390 e. The van der Waals surface area contributed by atoms with Gasteiger partial charge in [-0.3, -0.25) is 0 Å². The van der Waals surface area contributed by atoms with E-state index < -0.39 is 5.60 Å². The van der Waals surface area contributed by atoms with Crippen LogP contribution in [0.3, 0.4) is 0 Å². The van der Waals surface area contributed by atoms with Crippen LogP contribution >= 0.6 is 0 Å². The first-order valence-electron chi connectivity index (χ1n) is 5.41. The van der Waals surface area contributed by atoms with Gasteiger partial charge >= 0.3 is 0 Å². The van der Waals surface area contributed by atoms with Crippen LogP contribution in [-0.4, -0.2) is 23.4 Å². The summed E-state index contributed by atoms with van der Waals surface area (Å²) in [5.41, 5.74) is -0.443. The first kappa shape index (κ1) is 11.0. The predicted octanol–water partition coefficient (Wildman–Crippen LogP) is 2.35. The molecule has 1 N–H and O–H groups in total. The van der Waals surface area contributed by atoms with Crippen LogP contribution in [0.25, 0.3) is 0 Å². The Morgan fingerprint density at radius 3 is 2.77 bits per heavy atom. The quantitative estimate of drug-likeness (QED) is 0.733. The van der Waals surface area contributed by atoms with Gasteiger partial charge in [-0.2, -0.15) is 0 Å². The Hall–Kier alpha value is -0.0800. The van der Waals surface area contributed by atoms with Gasteiger partial charge in [-0.05, 0) is 18.8 Å². The average Bonchev–Trinajstić information content (AvgIpc) is 2.04. The van der Waals surface area contributed by atoms with Crippen molar-refractivity contribution in [3.63, 3.8) is 0 Å². The summed E-state index contributed by atoms with van der Waals surface area (Å²) in [4.78, 5) is 0. The second kappa shape index (κ2) is 4.43. The van der Waals surface area contributed by atoms with Gasteiger partial charge in [0.15, 0.2) is 0 Å². The molecule has 0 radical (unpaired) electrons. The van der Waals surface area contributed by atoms with Crippen LogP contribution < -0.4 is 0 Å². The molecule has 1 rings (SSSR count). The molecule has 0 bridgehead atoms. The molecule has 1 fully saturated rings. The standard InChI is InChI=1S/C11H22O2/c1-4-5-11(12)6-7-13-10(8-11)9(2)3/h9-10,12H,4-8H2,1-3H3. The number of hydrogen-bond donors (Lipinski definition) is 1. The highest BCUT2D eigenvalue weighted by atomic mass is 16.5. The van der Waals surface area contributed by atoms with Crippen LogP contribution in [0.5, 0.6) is 0 Å². The lowest BCUT2D eigenvalue weighted by Crippen LogP contribution is -2.42. The van der Waals surface area contributed by atoms with Crippen molar-refractivity contribution < 1.29 is 9.84 Å². The van der Waals surface area contributed by atoms with Gasteiger partial charge in [-0.1, -0.05) is 27.2 Å². The van der Waals surface area contributed by atoms with Crippen molar-refractivity contribution in [1.29, 1.82) is 0 Å². The number of hydrogen-bond acceptors (Lipinski definition) is 2. The lowest BCUT2D eigenvalue weighted by Gasteiger charge is -2.38. The van der Waals surface area contributed by atoms with Crippen LogP contribution in [0, 0.1) is 5.92 Å². The monoisotopic (exact) mass is 186 g/mol. The maximum atomic E-state index is 10.2. The lowest BCUT2D eigenvalue weighted by molar-refractivity contribution is -0.120. The van der Waals surface area contributed by atoms with Crippen molar-refractivity contribution in [3.05, 3.63) is 0 Å². The molecule has 1 heterocycles. The summed E-state index contributed by atoms with van der Waals surface area (Å²) < 4.78 is 5.62. The Bertz CT molecular complexity index is 152. The zero-order valence-electron chi connectivity index (χ0n) is 9.05. The van der Waals surface area contributed by atoms with Crippen LogP contribution in [0.1, 0.15) is 46.5 Å². The maximum Gasteiger partial charge on any atom is 0.0694 e. The molecule has 1 aliphatic rings. The Morgan fingerprint density at radius 2 is 2.23 bits per heavy atom. The van der Waals surface area contributed by atoms with Crippen molar-refractivity contribution in [2.24, 2.45) is 5.92 Å². The van der Waals surface area contributed by atoms with Gasteiger partial charge in [-0.15, -0.1) is 0 Å². The zero-order valence-corrected chi connectivity index (χ0v) is 9.05. The maximum absolute atomic E-state index is 10.2. The van der Waals surface area contributed by atoms with Crippen LogP contribution in [0.15, 0.2) is 0 Å². The van der Waals surface area contributed by atoms with Gasteiger partial charge in [0, 0.05) is 13.0 Å². The number of ether oxygens (including phenoxy) is 1. The molecule has 78 valence electrons. The van der Waals surface area contributed by atoms with Gasteiger partial charge < -0.3 is 9.84 Å². The van der Waals surface area contributed by atoms with E-state index in [0.29, 0.717) is 5.92 Å². The van der Waals surface area contributed by atoms with Crippen molar-refractivity contribution in [3.8, 4) is 0 Å². The molecule has 2 heteroatoms. The molecule has 1 aliphatic heterocycles. The van der Waals surface area contributed by atoms with Crippen molar-refractivity contribution in [2.45, 2.75) is 58.2 Å². The predicted molar refractivity (Wildman–Crippen MR) is 53.7 cm³/mol. The van der Waals surface area contributed by atoms with Gasteiger partial charge in [0.25, 0.3) is 0 Å². The van der Waals surface area contributed by atoms with E-state index in [1.807, 2.05) is 0 Å². The summed E-state index contributed by atoms with van der Waals surface area (Å²) in [6, 6.07) is 0. The normalized spacial score (nSPS) is 35.3. The van der Waals surface area contributed by atoms with E-state index in [-0.39, 0.29) is 6.10 Å². The molecule has 0 aromatic rings. The molecule has 2 nitrogen and oxygen atoms in total. The zero-order chi connectivity index (χ0) is 9.90. The largest absolute Gasteiger partial charge is 0.390 e. The highest BCUT2D eigenvalue weighted by molar-refractivity contribution is 4.86. The first-order valence-corrected chi connectivity index (χ1v) is 5.41. The van der Waals surface area contributed by atoms with Crippen molar-refractivity contribution >= 4 is 0 Å². The fraction of sp³-hybridized carbons (Fsp3) is 1.00. The summed E-state index contributed by atoms with van der Waals surface area (Å²) >= 11 is 0. The van der Waals surface area contributed by atoms with E-state index >= 15 is 0 Å². The number of rotatable bonds is 3. The second-order valence-electron chi connectivity index (χ2n) is 4.58. The lowest BCUT2D eigenvalue weighted by atomic mass is 9.83. The van der Waals surface area contributed by atoms with E-state index in [9.17, 15) is 5.11 Å². The fourth-order valence-corrected chi connectivity index (χ4v) is 2.06. The van der Waals surface area contributed by atoms with Crippen LogP contribution in [0.2, 0.25) is 0 Å². The Balaban J connectivity index is 2.49. The van der Waals surface area contributed by atoms with Crippen LogP contribution in [-0.2, 0) is 4.74 Å². The third-order valence-electron chi connectivity index (χ3n) is 2.94. The van der Waals surface area contributed by atoms with Gasteiger partial charge in [0.1, 0.15) is 0 Å². The topological polar surface area (TPSA) is 29.5 Å². The minimum absolute atomic E-state index is 0.255. The smallest absolute Gasteiger partial charge is 0.0694 e. The summed E-state index contributed by atoms with van der Waals surface area (Å²) in [6.07, 6.45) is 3.86. The molecular weight excluding hydrogens is 164 g/mol. The fourth-order valence-electron chi connectivity index (χ4n) is 2.06. The highest BCUT2D eigenvalue weighted by Gasteiger charge is 2.35. The SMILES string of the molecule is CCCC1(O)CCOC(C(C)C)C1.